The molecule has 1 heterocycles. The van der Waals surface area contributed by atoms with Gasteiger partial charge in [-0.15, -0.1) is 0 Å². The zero-order valence-electron chi connectivity index (χ0n) is 13.0. The Morgan fingerprint density at radius 1 is 1.16 bits per heavy atom. The number of hydrogen-bond donors (Lipinski definition) is 0. The van der Waals surface area contributed by atoms with Crippen molar-refractivity contribution in [3.63, 3.8) is 0 Å². The van der Waals surface area contributed by atoms with E-state index in [9.17, 15) is 22.8 Å². The smallest absolute Gasteiger partial charge is 0.310 e. The normalized spacial score (nSPS) is 11.0. The van der Waals surface area contributed by atoms with Crippen LogP contribution in [-0.2, 0) is 17.5 Å². The third kappa shape index (κ3) is 4.70. The maximum Gasteiger partial charge on any atom is 0.417 e. The molecule has 25 heavy (non-hydrogen) atoms. The number of para-hydroxylation sites is 1. The molecule has 0 radical (unpaired) electrons. The second-order valence-corrected chi connectivity index (χ2v) is 5.17. The van der Waals surface area contributed by atoms with Gasteiger partial charge in [-0.05, 0) is 18.2 Å². The first-order valence-corrected chi connectivity index (χ1v) is 7.33. The maximum absolute atomic E-state index is 12.8. The topological polar surface area (TPSA) is 66.1 Å². The molecule has 0 bridgehead atoms. The van der Waals surface area contributed by atoms with Crippen LogP contribution in [0.4, 0.5) is 18.9 Å². The van der Waals surface area contributed by atoms with E-state index in [1.807, 2.05) is 6.07 Å². The fraction of sp³-hybridized carbons (Fsp3) is 0.235. The summed E-state index contributed by atoms with van der Waals surface area (Å²) in [5.74, 6) is -0.581. The number of pyridine rings is 1. The molecular formula is C17H14F3N3O2. The summed E-state index contributed by atoms with van der Waals surface area (Å²) in [7, 11) is 0. The van der Waals surface area contributed by atoms with E-state index in [0.29, 0.717) is 22.5 Å². The van der Waals surface area contributed by atoms with E-state index in [0.717, 1.165) is 6.07 Å². The summed E-state index contributed by atoms with van der Waals surface area (Å²) >= 11 is 0. The van der Waals surface area contributed by atoms with Gasteiger partial charge in [0, 0.05) is 24.5 Å². The van der Waals surface area contributed by atoms with Crippen molar-refractivity contribution >= 4 is 11.6 Å². The van der Waals surface area contributed by atoms with Gasteiger partial charge < -0.3 is 9.47 Å². The van der Waals surface area contributed by atoms with Gasteiger partial charge in [-0.3, -0.25) is 9.59 Å². The van der Waals surface area contributed by atoms with Crippen LogP contribution in [0.15, 0.2) is 53.5 Å². The second kappa shape index (κ2) is 7.66. The van der Waals surface area contributed by atoms with Gasteiger partial charge in [0.25, 0.3) is 5.56 Å². The largest absolute Gasteiger partial charge is 0.417 e. The Morgan fingerprint density at radius 2 is 1.84 bits per heavy atom. The van der Waals surface area contributed by atoms with Crippen LogP contribution >= 0.6 is 0 Å². The number of alkyl halides is 3. The lowest BCUT2D eigenvalue weighted by atomic mass is 10.2. The molecule has 0 N–H and O–H groups in total. The Hall–Kier alpha value is -3.08. The van der Waals surface area contributed by atoms with E-state index in [2.05, 4.69) is 0 Å². The fourth-order valence-electron chi connectivity index (χ4n) is 2.22. The molecule has 5 nitrogen and oxygen atoms in total. The van der Waals surface area contributed by atoms with Crippen molar-refractivity contribution in [1.82, 2.24) is 4.57 Å². The Balaban J connectivity index is 2.29. The molecule has 0 fully saturated rings. The average molecular weight is 349 g/mol. The summed E-state index contributed by atoms with van der Waals surface area (Å²) in [6, 6.07) is 11.8. The van der Waals surface area contributed by atoms with E-state index < -0.39 is 29.8 Å². The molecular weight excluding hydrogens is 335 g/mol. The molecule has 0 atom stereocenters. The third-order valence-electron chi connectivity index (χ3n) is 3.43. The van der Waals surface area contributed by atoms with Crippen LogP contribution in [0.3, 0.4) is 0 Å². The molecule has 1 amide bonds. The van der Waals surface area contributed by atoms with Gasteiger partial charge in [-0.2, -0.15) is 18.4 Å². The predicted molar refractivity (Wildman–Crippen MR) is 84.7 cm³/mol. The molecule has 0 spiro atoms. The monoisotopic (exact) mass is 349 g/mol. The van der Waals surface area contributed by atoms with Crippen molar-refractivity contribution in [2.24, 2.45) is 0 Å². The van der Waals surface area contributed by atoms with Crippen LogP contribution in [0.1, 0.15) is 12.0 Å². The van der Waals surface area contributed by atoms with Gasteiger partial charge in [-0.25, -0.2) is 0 Å². The predicted octanol–water partition coefficient (Wildman–Crippen LogP) is 2.81. The van der Waals surface area contributed by atoms with Crippen molar-refractivity contribution in [2.75, 3.05) is 11.4 Å². The molecule has 2 rings (SSSR count). The lowest BCUT2D eigenvalue weighted by molar-refractivity contribution is -0.138. The van der Waals surface area contributed by atoms with Gasteiger partial charge in [0.05, 0.1) is 18.1 Å². The molecule has 0 saturated carbocycles. The number of anilines is 1. The summed E-state index contributed by atoms with van der Waals surface area (Å²) in [6.45, 7) is -0.476. The number of amides is 1. The van der Waals surface area contributed by atoms with E-state index in [-0.39, 0.29) is 13.0 Å². The number of carbonyl (C=O) groups is 1. The van der Waals surface area contributed by atoms with Gasteiger partial charge >= 0.3 is 6.18 Å². The first-order valence-electron chi connectivity index (χ1n) is 7.33. The molecule has 0 unspecified atom stereocenters. The SMILES string of the molecule is N#CCCN(C(=O)Cn1cc(C(F)(F)F)ccc1=O)c1ccccc1. The summed E-state index contributed by atoms with van der Waals surface area (Å²) < 4.78 is 39.1. The zero-order chi connectivity index (χ0) is 18.4. The fourth-order valence-corrected chi connectivity index (χ4v) is 2.22. The number of carbonyl (C=O) groups excluding carboxylic acids is 1. The highest BCUT2D eigenvalue weighted by Gasteiger charge is 2.31. The van der Waals surface area contributed by atoms with Crippen LogP contribution in [-0.4, -0.2) is 17.0 Å². The summed E-state index contributed by atoms with van der Waals surface area (Å²) in [5, 5.41) is 8.74. The van der Waals surface area contributed by atoms with Crippen molar-refractivity contribution in [2.45, 2.75) is 19.1 Å². The number of benzene rings is 1. The van der Waals surface area contributed by atoms with Crippen molar-refractivity contribution in [1.29, 1.82) is 5.26 Å². The Labute approximate surface area is 141 Å². The third-order valence-corrected chi connectivity index (χ3v) is 3.43. The molecule has 1 aromatic heterocycles. The summed E-state index contributed by atoms with van der Waals surface area (Å²) in [5.41, 5.74) is -1.22. The van der Waals surface area contributed by atoms with Gasteiger partial charge in [-0.1, -0.05) is 18.2 Å². The van der Waals surface area contributed by atoms with Crippen LogP contribution in [0.5, 0.6) is 0 Å². The van der Waals surface area contributed by atoms with E-state index in [1.54, 1.807) is 30.3 Å². The quantitative estimate of drug-likeness (QED) is 0.834. The Bertz CT molecular complexity index is 839. The number of halogens is 3. The van der Waals surface area contributed by atoms with E-state index >= 15 is 0 Å². The molecule has 1 aromatic carbocycles. The maximum atomic E-state index is 12.8. The van der Waals surface area contributed by atoms with Gasteiger partial charge in [0.15, 0.2) is 0 Å². The molecule has 0 aliphatic rings. The summed E-state index contributed by atoms with van der Waals surface area (Å²) in [4.78, 5) is 25.6. The molecule has 0 aliphatic carbocycles. The number of aromatic nitrogens is 1. The van der Waals surface area contributed by atoms with Crippen molar-refractivity contribution < 1.29 is 18.0 Å². The Kier molecular flexibility index (Phi) is 5.60. The minimum absolute atomic E-state index is 0.0537. The number of rotatable bonds is 5. The zero-order valence-corrected chi connectivity index (χ0v) is 13.0. The van der Waals surface area contributed by atoms with Crippen LogP contribution < -0.4 is 10.5 Å². The summed E-state index contributed by atoms with van der Waals surface area (Å²) in [6.07, 6.45) is -3.94. The first kappa shape index (κ1) is 18.3. The molecule has 130 valence electrons. The lowest BCUT2D eigenvalue weighted by Crippen LogP contribution is -2.37. The van der Waals surface area contributed by atoms with Crippen molar-refractivity contribution in [3.8, 4) is 6.07 Å². The Morgan fingerprint density at radius 3 is 2.44 bits per heavy atom. The second-order valence-electron chi connectivity index (χ2n) is 5.17. The van der Waals surface area contributed by atoms with E-state index in [1.165, 1.54) is 4.90 Å². The number of nitrogens with zero attached hydrogens (tertiary/aromatic N) is 3. The first-order chi connectivity index (χ1) is 11.8. The molecule has 2 aromatic rings. The van der Waals surface area contributed by atoms with Crippen LogP contribution in [0.2, 0.25) is 0 Å². The van der Waals surface area contributed by atoms with Gasteiger partial charge in [0.2, 0.25) is 5.91 Å². The minimum Gasteiger partial charge on any atom is -0.310 e. The molecule has 0 saturated heterocycles. The average Bonchev–Trinajstić information content (AvgIpc) is 2.57. The van der Waals surface area contributed by atoms with Crippen molar-refractivity contribution in [3.05, 3.63) is 64.6 Å². The molecule has 8 heteroatoms. The van der Waals surface area contributed by atoms with E-state index in [4.69, 9.17) is 5.26 Å². The minimum atomic E-state index is -4.61. The van der Waals surface area contributed by atoms with Gasteiger partial charge in [0.1, 0.15) is 6.54 Å². The van der Waals surface area contributed by atoms with Crippen LogP contribution in [0, 0.1) is 11.3 Å². The standard InChI is InChI=1S/C17H14F3N3O2/c18-17(19,20)13-7-8-15(24)22(11-13)12-16(25)23(10-4-9-21)14-5-2-1-3-6-14/h1-3,5-8,11H,4,10,12H2. The number of nitriles is 1. The lowest BCUT2D eigenvalue weighted by Gasteiger charge is -2.22. The highest BCUT2D eigenvalue weighted by molar-refractivity contribution is 5.93. The highest BCUT2D eigenvalue weighted by Crippen LogP contribution is 2.28. The van der Waals surface area contributed by atoms with Crippen LogP contribution in [0.25, 0.3) is 0 Å². The number of hydrogen-bond acceptors (Lipinski definition) is 3. The molecule has 0 aliphatic heterocycles. The highest BCUT2D eigenvalue weighted by atomic mass is 19.4.